The number of benzene rings is 1. The molecule has 3 aliphatic rings. The summed E-state index contributed by atoms with van der Waals surface area (Å²) in [5.74, 6) is 1.77. The molecule has 5 heterocycles. The molecule has 6 rings (SSSR count). The van der Waals surface area contributed by atoms with E-state index in [4.69, 9.17) is 14.0 Å². The van der Waals surface area contributed by atoms with Crippen LogP contribution in [0.3, 0.4) is 0 Å². The Labute approximate surface area is 250 Å². The maximum Gasteiger partial charge on any atom is 0.293 e. The predicted octanol–water partition coefficient (Wildman–Crippen LogP) is 3.39. The molecular weight excluding hydrogens is 550 g/mol. The zero-order chi connectivity index (χ0) is 29.9. The molecule has 1 aromatic carbocycles. The highest BCUT2D eigenvalue weighted by molar-refractivity contribution is 6.02. The van der Waals surface area contributed by atoms with E-state index in [9.17, 15) is 14.4 Å². The van der Waals surface area contributed by atoms with Crippen LogP contribution in [0.25, 0.3) is 11.0 Å². The number of fused-ring (bicyclic) bond motifs is 7. The molecule has 0 spiro atoms. The molecule has 3 aromatic rings. The summed E-state index contributed by atoms with van der Waals surface area (Å²) in [6.45, 7) is 2.24. The third-order valence-electron chi connectivity index (χ3n) is 9.12. The normalized spacial score (nSPS) is 23.4. The number of nitrogens with zero attached hydrogens (tertiary/aromatic N) is 4. The molecule has 3 atom stereocenters. The lowest BCUT2D eigenvalue weighted by Gasteiger charge is -2.51. The molecule has 0 radical (unpaired) electrons. The summed E-state index contributed by atoms with van der Waals surface area (Å²) < 4.78 is 16.7. The lowest BCUT2D eigenvalue weighted by Crippen LogP contribution is -2.60. The van der Waals surface area contributed by atoms with Crippen molar-refractivity contribution >= 4 is 28.8 Å². The summed E-state index contributed by atoms with van der Waals surface area (Å²) in [6.07, 6.45) is 6.85. The van der Waals surface area contributed by atoms with Crippen molar-refractivity contribution < 1.29 is 28.4 Å². The van der Waals surface area contributed by atoms with Crippen molar-refractivity contribution in [2.75, 3.05) is 40.4 Å². The van der Waals surface area contributed by atoms with Gasteiger partial charge in [0.2, 0.25) is 23.2 Å². The molecule has 3 aliphatic heterocycles. The number of rotatable bonds is 3. The predicted molar refractivity (Wildman–Crippen MR) is 158 cm³/mol. The van der Waals surface area contributed by atoms with Crippen molar-refractivity contribution in [2.24, 2.45) is 11.8 Å². The summed E-state index contributed by atoms with van der Waals surface area (Å²) in [4.78, 5) is 48.2. The van der Waals surface area contributed by atoms with Gasteiger partial charge in [-0.1, -0.05) is 11.2 Å². The number of amides is 3. The number of pyridine rings is 1. The zero-order valence-electron chi connectivity index (χ0n) is 24.8. The summed E-state index contributed by atoms with van der Waals surface area (Å²) in [5.41, 5.74) is 2.45. The SMILES string of the molecule is COc1cc2cc(c1OC)CCCNC(=O)CCC[C@H]1[C@H]3C[C@@H](CN(C(=O)c4onc5ncccc45)C3)CN1C(=O)CC2. The number of hydrogen-bond acceptors (Lipinski definition) is 8. The summed E-state index contributed by atoms with van der Waals surface area (Å²) in [7, 11) is 3.25. The van der Waals surface area contributed by atoms with Crippen molar-refractivity contribution in [3.63, 3.8) is 0 Å². The van der Waals surface area contributed by atoms with Crippen molar-refractivity contribution in [1.29, 1.82) is 0 Å². The molecule has 43 heavy (non-hydrogen) atoms. The minimum Gasteiger partial charge on any atom is -0.493 e. The molecule has 4 bridgehead atoms. The number of methoxy groups -OCH3 is 2. The Kier molecular flexibility index (Phi) is 8.49. The van der Waals surface area contributed by atoms with Crippen LogP contribution in [0.4, 0.5) is 0 Å². The number of piperidine rings is 2. The van der Waals surface area contributed by atoms with Gasteiger partial charge in [0.25, 0.3) is 5.91 Å². The van der Waals surface area contributed by atoms with Gasteiger partial charge in [-0.05, 0) is 79.7 Å². The first-order chi connectivity index (χ1) is 20.9. The lowest BCUT2D eigenvalue weighted by molar-refractivity contribution is -0.140. The Morgan fingerprint density at radius 2 is 1.93 bits per heavy atom. The fourth-order valence-corrected chi connectivity index (χ4v) is 7.15. The van der Waals surface area contributed by atoms with Crippen LogP contribution in [-0.4, -0.2) is 84.1 Å². The smallest absolute Gasteiger partial charge is 0.293 e. The van der Waals surface area contributed by atoms with E-state index >= 15 is 0 Å². The molecule has 0 aliphatic carbocycles. The van der Waals surface area contributed by atoms with Crippen LogP contribution < -0.4 is 14.8 Å². The summed E-state index contributed by atoms with van der Waals surface area (Å²) in [5, 5.41) is 7.62. The van der Waals surface area contributed by atoms with Gasteiger partial charge in [0.05, 0.1) is 19.6 Å². The molecule has 0 saturated carbocycles. The van der Waals surface area contributed by atoms with E-state index in [1.54, 1.807) is 32.5 Å². The maximum absolute atomic E-state index is 13.8. The first kappa shape index (κ1) is 28.9. The first-order valence-corrected chi connectivity index (χ1v) is 15.2. The monoisotopic (exact) mass is 589 g/mol. The summed E-state index contributed by atoms with van der Waals surface area (Å²) in [6, 6.07) is 7.56. The minimum atomic E-state index is -0.193. The molecular formula is C32H39N5O6. The van der Waals surface area contributed by atoms with Gasteiger partial charge in [0, 0.05) is 51.3 Å². The Bertz CT molecular complexity index is 1500. The van der Waals surface area contributed by atoms with Crippen LogP contribution in [0.15, 0.2) is 35.0 Å². The largest absolute Gasteiger partial charge is 0.493 e. The van der Waals surface area contributed by atoms with Gasteiger partial charge in [0.1, 0.15) is 0 Å². The van der Waals surface area contributed by atoms with E-state index in [2.05, 4.69) is 21.5 Å². The number of nitrogens with one attached hydrogen (secondary N) is 1. The van der Waals surface area contributed by atoms with E-state index in [-0.39, 0.29) is 41.4 Å². The van der Waals surface area contributed by atoms with Crippen molar-refractivity contribution in [1.82, 2.24) is 25.3 Å². The van der Waals surface area contributed by atoms with Crippen molar-refractivity contribution in [3.05, 3.63) is 47.3 Å². The third-order valence-corrected chi connectivity index (χ3v) is 9.12. The number of ether oxygens (including phenoxy) is 2. The molecule has 2 fully saturated rings. The van der Waals surface area contributed by atoms with Crippen LogP contribution in [0.5, 0.6) is 11.5 Å². The highest BCUT2D eigenvalue weighted by Gasteiger charge is 2.44. The average molecular weight is 590 g/mol. The van der Waals surface area contributed by atoms with E-state index < -0.39 is 0 Å². The van der Waals surface area contributed by atoms with Crippen LogP contribution in [0.2, 0.25) is 0 Å². The van der Waals surface area contributed by atoms with Gasteiger partial charge in [-0.15, -0.1) is 0 Å². The van der Waals surface area contributed by atoms with Gasteiger partial charge >= 0.3 is 0 Å². The number of carbonyl (C=O) groups is 3. The van der Waals surface area contributed by atoms with E-state index in [1.807, 2.05) is 15.9 Å². The van der Waals surface area contributed by atoms with Gasteiger partial charge in [-0.25, -0.2) is 4.98 Å². The quantitative estimate of drug-likeness (QED) is 0.493. The Morgan fingerprint density at radius 1 is 1.05 bits per heavy atom. The zero-order valence-corrected chi connectivity index (χ0v) is 24.8. The van der Waals surface area contributed by atoms with Crippen LogP contribution in [-0.2, 0) is 22.4 Å². The molecule has 3 amide bonds. The average Bonchev–Trinajstić information content (AvgIpc) is 3.45. The van der Waals surface area contributed by atoms with Gasteiger partial charge in [-0.2, -0.15) is 0 Å². The fourth-order valence-electron chi connectivity index (χ4n) is 7.15. The molecule has 0 unspecified atom stereocenters. The van der Waals surface area contributed by atoms with Crippen LogP contribution >= 0.6 is 0 Å². The standard InChI is InChI=1S/C32H39N5O6/c1-41-26-16-20-10-11-28(39)37-18-21-15-23(19-36(17-21)32(40)30-24-7-5-13-34-31(24)35-43-30)25(37)8-3-9-27(38)33-12-4-6-22(14-20)29(26)42-2/h5,7,13-14,16,21,23,25H,3-4,6,8-12,15,17-19H2,1-2H3,(H,33,38)/t21-,23-,25-/m0/s1. The van der Waals surface area contributed by atoms with E-state index in [0.717, 1.165) is 30.4 Å². The Morgan fingerprint density at radius 3 is 2.77 bits per heavy atom. The molecule has 228 valence electrons. The number of likely N-dealkylation sites (tertiary alicyclic amines) is 1. The Hall–Kier alpha value is -4.15. The van der Waals surface area contributed by atoms with Gasteiger partial charge in [-0.3, -0.25) is 14.4 Å². The fraction of sp³-hybridized carbons (Fsp3) is 0.531. The number of carbonyl (C=O) groups excluding carboxylic acids is 3. The second-order valence-corrected chi connectivity index (χ2v) is 11.9. The first-order valence-electron chi connectivity index (χ1n) is 15.2. The number of hydrogen-bond donors (Lipinski definition) is 1. The molecule has 11 nitrogen and oxygen atoms in total. The van der Waals surface area contributed by atoms with Crippen LogP contribution in [0.1, 0.15) is 60.2 Å². The molecule has 2 aromatic heterocycles. The van der Waals surface area contributed by atoms with Gasteiger partial charge in [0.15, 0.2) is 11.5 Å². The number of aryl methyl sites for hydroxylation is 2. The number of aromatic nitrogens is 2. The maximum atomic E-state index is 13.8. The molecule has 1 N–H and O–H groups in total. The topological polar surface area (TPSA) is 127 Å². The second-order valence-electron chi connectivity index (χ2n) is 11.9. The molecule has 2 saturated heterocycles. The highest BCUT2D eigenvalue weighted by atomic mass is 16.5. The lowest BCUT2D eigenvalue weighted by atomic mass is 9.77. The third kappa shape index (κ3) is 6.03. The Balaban J connectivity index is 1.23. The summed E-state index contributed by atoms with van der Waals surface area (Å²) >= 11 is 0. The van der Waals surface area contributed by atoms with E-state index in [0.29, 0.717) is 80.8 Å². The molecule has 11 heteroatoms. The van der Waals surface area contributed by atoms with Crippen molar-refractivity contribution in [2.45, 2.75) is 57.4 Å². The highest BCUT2D eigenvalue weighted by Crippen LogP contribution is 2.38. The minimum absolute atomic E-state index is 0.0169. The van der Waals surface area contributed by atoms with Crippen LogP contribution in [0, 0.1) is 11.8 Å². The second kappa shape index (κ2) is 12.6. The van der Waals surface area contributed by atoms with Crippen molar-refractivity contribution in [3.8, 4) is 11.5 Å². The van der Waals surface area contributed by atoms with Gasteiger partial charge < -0.3 is 29.1 Å². The van der Waals surface area contributed by atoms with E-state index in [1.165, 1.54) is 0 Å².